The van der Waals surface area contributed by atoms with Gasteiger partial charge < -0.3 is 0 Å². The van der Waals surface area contributed by atoms with E-state index in [1.165, 1.54) is 28.7 Å². The maximum absolute atomic E-state index is 12.3. The first-order valence-corrected chi connectivity index (χ1v) is 13.4. The minimum atomic E-state index is -3.14. The van der Waals surface area contributed by atoms with Crippen molar-refractivity contribution >= 4 is 21.6 Å². The molecule has 6 rings (SSSR count). The number of likely N-dealkylation sites (N-methyl/N-ethyl adjacent to an activating group) is 1. The van der Waals surface area contributed by atoms with Crippen molar-refractivity contribution in [3.8, 4) is 0 Å². The molecule has 2 aromatic rings. The van der Waals surface area contributed by atoms with Crippen molar-refractivity contribution < 1.29 is 8.42 Å². The molecular formula is C25H29ClN2O2S. The number of halogens is 1. The Balaban J connectivity index is 1.21. The normalized spacial score (nSPS) is 33.1. The van der Waals surface area contributed by atoms with Crippen LogP contribution in [0.1, 0.15) is 47.4 Å². The quantitative estimate of drug-likeness (QED) is 0.642. The Hall–Kier alpha value is -1.40. The van der Waals surface area contributed by atoms with Crippen LogP contribution in [0.5, 0.6) is 0 Å². The molecule has 164 valence electrons. The second-order valence-electron chi connectivity index (χ2n) is 10.0. The molecule has 6 heteroatoms. The molecule has 1 saturated heterocycles. The smallest absolute Gasteiger partial charge is 0.214 e. The Bertz CT molecular complexity index is 1130. The molecule has 1 N–H and O–H groups in total. The van der Waals surface area contributed by atoms with Crippen molar-refractivity contribution in [3.63, 3.8) is 0 Å². The topological polar surface area (TPSA) is 49.2 Å². The van der Waals surface area contributed by atoms with E-state index in [9.17, 15) is 8.42 Å². The SMILES string of the molecule is CN1C2C1C21Cc2ccc(CCNS(=O)(=O)C3CCC3)cc2C1Cc1cccc(Cl)c1. The first kappa shape index (κ1) is 20.2. The minimum absolute atomic E-state index is 0.173. The highest BCUT2D eigenvalue weighted by Crippen LogP contribution is 2.76. The van der Waals surface area contributed by atoms with Crippen LogP contribution in [0, 0.1) is 5.41 Å². The molecule has 3 atom stereocenters. The van der Waals surface area contributed by atoms with E-state index >= 15 is 0 Å². The molecule has 1 aliphatic heterocycles. The van der Waals surface area contributed by atoms with E-state index in [1.54, 1.807) is 0 Å². The Morgan fingerprint density at radius 2 is 1.94 bits per heavy atom. The van der Waals surface area contributed by atoms with Crippen molar-refractivity contribution in [2.75, 3.05) is 13.6 Å². The van der Waals surface area contributed by atoms with Gasteiger partial charge in [-0.2, -0.15) is 0 Å². The van der Waals surface area contributed by atoms with Crippen LogP contribution in [0.3, 0.4) is 0 Å². The third-order valence-electron chi connectivity index (χ3n) is 8.35. The molecule has 0 aromatic heterocycles. The van der Waals surface area contributed by atoms with Crippen LogP contribution in [-0.4, -0.2) is 44.2 Å². The monoisotopic (exact) mass is 456 g/mol. The Kier molecular flexibility index (Phi) is 4.60. The van der Waals surface area contributed by atoms with Gasteiger partial charge in [0.05, 0.1) is 5.25 Å². The van der Waals surface area contributed by atoms with E-state index in [0.29, 0.717) is 17.9 Å². The Morgan fingerprint density at radius 1 is 1.13 bits per heavy atom. The van der Waals surface area contributed by atoms with Crippen LogP contribution in [0.4, 0.5) is 0 Å². The molecule has 4 nitrogen and oxygen atoms in total. The molecule has 1 spiro atoms. The summed E-state index contributed by atoms with van der Waals surface area (Å²) in [5, 5.41) is 0.628. The molecule has 3 aliphatic carbocycles. The lowest BCUT2D eigenvalue weighted by molar-refractivity contribution is 0.226. The zero-order chi connectivity index (χ0) is 21.4. The summed E-state index contributed by atoms with van der Waals surface area (Å²) in [6, 6.07) is 16.6. The fraction of sp³-hybridized carbons (Fsp3) is 0.520. The highest BCUT2D eigenvalue weighted by Gasteiger charge is 2.84. The highest BCUT2D eigenvalue weighted by molar-refractivity contribution is 7.90. The van der Waals surface area contributed by atoms with Gasteiger partial charge in [0, 0.05) is 29.1 Å². The predicted octanol–water partition coefficient (Wildman–Crippen LogP) is 3.92. The molecule has 3 fully saturated rings. The van der Waals surface area contributed by atoms with Crippen LogP contribution >= 0.6 is 11.6 Å². The maximum Gasteiger partial charge on any atom is 0.214 e. The van der Waals surface area contributed by atoms with Gasteiger partial charge in [-0.25, -0.2) is 13.1 Å². The number of benzene rings is 2. The summed E-state index contributed by atoms with van der Waals surface area (Å²) in [5.74, 6) is 0.513. The average Bonchev–Trinajstić information content (AvgIpc) is 3.52. The number of hydrogen-bond acceptors (Lipinski definition) is 3. The number of sulfonamides is 1. The molecule has 2 aromatic carbocycles. The van der Waals surface area contributed by atoms with Crippen molar-refractivity contribution in [3.05, 3.63) is 69.7 Å². The molecule has 2 saturated carbocycles. The van der Waals surface area contributed by atoms with E-state index in [-0.39, 0.29) is 5.25 Å². The lowest BCUT2D eigenvalue weighted by atomic mass is 9.81. The minimum Gasteiger partial charge on any atom is -0.296 e. The van der Waals surface area contributed by atoms with Gasteiger partial charge in [0.15, 0.2) is 0 Å². The molecular weight excluding hydrogens is 428 g/mol. The molecule has 0 bridgehead atoms. The van der Waals surface area contributed by atoms with Gasteiger partial charge in [-0.3, -0.25) is 4.90 Å². The molecule has 31 heavy (non-hydrogen) atoms. The fourth-order valence-corrected chi connectivity index (χ4v) is 8.21. The number of nitrogens with one attached hydrogen (secondary N) is 1. The predicted molar refractivity (Wildman–Crippen MR) is 124 cm³/mol. The summed E-state index contributed by atoms with van der Waals surface area (Å²) in [4.78, 5) is 2.49. The third kappa shape index (κ3) is 3.19. The first-order chi connectivity index (χ1) is 14.9. The van der Waals surface area contributed by atoms with Gasteiger partial charge in [-0.15, -0.1) is 0 Å². The van der Waals surface area contributed by atoms with Gasteiger partial charge in [-0.1, -0.05) is 48.4 Å². The van der Waals surface area contributed by atoms with Crippen LogP contribution in [0.15, 0.2) is 42.5 Å². The van der Waals surface area contributed by atoms with Crippen LogP contribution in [0.2, 0.25) is 5.02 Å². The molecule has 3 unspecified atom stereocenters. The second kappa shape index (κ2) is 7.05. The number of fused-ring (bicyclic) bond motifs is 4. The Labute approximate surface area is 190 Å². The lowest BCUT2D eigenvalue weighted by Gasteiger charge is -2.29. The summed E-state index contributed by atoms with van der Waals surface area (Å²) >= 11 is 6.27. The second-order valence-corrected chi connectivity index (χ2v) is 12.5. The van der Waals surface area contributed by atoms with Crippen LogP contribution in [0.25, 0.3) is 0 Å². The van der Waals surface area contributed by atoms with Crippen molar-refractivity contribution in [1.82, 2.24) is 9.62 Å². The number of likely N-dealkylation sites (tertiary alicyclic amines) is 1. The number of hydrogen-bond donors (Lipinski definition) is 1. The molecule has 0 radical (unpaired) electrons. The lowest BCUT2D eigenvalue weighted by Crippen LogP contribution is -2.39. The van der Waals surface area contributed by atoms with E-state index in [1.807, 2.05) is 12.1 Å². The summed E-state index contributed by atoms with van der Waals surface area (Å²) in [6.07, 6.45) is 5.57. The van der Waals surface area contributed by atoms with Crippen LogP contribution in [-0.2, 0) is 29.3 Å². The van der Waals surface area contributed by atoms with E-state index in [2.05, 4.69) is 47.0 Å². The zero-order valence-electron chi connectivity index (χ0n) is 17.9. The molecule has 0 amide bonds. The number of nitrogens with zero attached hydrogens (tertiary/aromatic N) is 1. The average molecular weight is 457 g/mol. The van der Waals surface area contributed by atoms with Gasteiger partial charge in [-0.05, 0) is 79.5 Å². The zero-order valence-corrected chi connectivity index (χ0v) is 19.4. The summed E-state index contributed by atoms with van der Waals surface area (Å²) < 4.78 is 27.5. The third-order valence-corrected chi connectivity index (χ3v) is 10.5. The van der Waals surface area contributed by atoms with Gasteiger partial charge in [0.1, 0.15) is 0 Å². The Morgan fingerprint density at radius 3 is 2.61 bits per heavy atom. The van der Waals surface area contributed by atoms with Gasteiger partial charge in [0.25, 0.3) is 0 Å². The van der Waals surface area contributed by atoms with Gasteiger partial charge >= 0.3 is 0 Å². The van der Waals surface area contributed by atoms with Crippen molar-refractivity contribution in [2.24, 2.45) is 5.41 Å². The van der Waals surface area contributed by atoms with Crippen molar-refractivity contribution in [2.45, 2.75) is 61.8 Å². The highest BCUT2D eigenvalue weighted by atomic mass is 35.5. The first-order valence-electron chi connectivity index (χ1n) is 11.5. The van der Waals surface area contributed by atoms with Crippen LogP contribution < -0.4 is 4.72 Å². The van der Waals surface area contributed by atoms with E-state index < -0.39 is 10.0 Å². The van der Waals surface area contributed by atoms with E-state index in [0.717, 1.165) is 49.2 Å². The van der Waals surface area contributed by atoms with Gasteiger partial charge in [0.2, 0.25) is 10.0 Å². The van der Waals surface area contributed by atoms with E-state index in [4.69, 9.17) is 11.6 Å². The molecule has 1 heterocycles. The fourth-order valence-electron chi connectivity index (χ4n) is 6.42. The summed E-state index contributed by atoms with van der Waals surface area (Å²) in [5.41, 5.74) is 5.87. The van der Waals surface area contributed by atoms with Crippen molar-refractivity contribution in [1.29, 1.82) is 0 Å². The standard InChI is InChI=1S/C25H29ClN2O2S/c1-28-23-24(28)25(23)15-18-9-8-16(10-11-27-31(29,30)20-6-3-7-20)13-21(18)22(25)14-17-4-2-5-19(26)12-17/h2,4-5,8-9,12-13,20,22-24,27H,3,6-7,10-11,14-15H2,1H3. The largest absolute Gasteiger partial charge is 0.296 e. The summed E-state index contributed by atoms with van der Waals surface area (Å²) in [7, 11) is -0.909. The maximum atomic E-state index is 12.3. The number of rotatable bonds is 7. The summed E-state index contributed by atoms with van der Waals surface area (Å²) in [6.45, 7) is 0.482. The molecule has 4 aliphatic rings.